The number of aryl methyl sites for hydroxylation is 1. The third-order valence-corrected chi connectivity index (χ3v) is 5.27. The molecule has 4 heteroatoms. The molecule has 1 N–H and O–H groups in total. The maximum Gasteiger partial charge on any atom is 0.230 e. The summed E-state index contributed by atoms with van der Waals surface area (Å²) in [7, 11) is 0. The lowest BCUT2D eigenvalue weighted by Crippen LogP contribution is -2.30. The molecule has 0 aromatic heterocycles. The fourth-order valence-electron chi connectivity index (χ4n) is 2.81. The van der Waals surface area contributed by atoms with Crippen molar-refractivity contribution in [3.8, 4) is 0 Å². The number of amides is 1. The Labute approximate surface area is 163 Å². The first-order valence-corrected chi connectivity index (χ1v) is 10.0. The van der Waals surface area contributed by atoms with Gasteiger partial charge in [-0.2, -0.15) is 0 Å². The van der Waals surface area contributed by atoms with Crippen LogP contribution in [0.25, 0.3) is 0 Å². The van der Waals surface area contributed by atoms with Crippen LogP contribution in [0.15, 0.2) is 78.9 Å². The third kappa shape index (κ3) is 5.69. The molecule has 1 atom stereocenters. The first-order valence-electron chi connectivity index (χ1n) is 8.85. The standard InChI is InChI=1S/C23H22FNOS/c1-17-7-11-20(12-8-17)23(19-5-3-2-4-6-19)25-22(26)16-27-15-18-9-13-21(24)14-10-18/h2-14,23H,15-16H2,1H3,(H,25,26). The number of hydrogen-bond acceptors (Lipinski definition) is 2. The fraction of sp³-hybridized carbons (Fsp3) is 0.174. The zero-order valence-corrected chi connectivity index (χ0v) is 16.0. The van der Waals surface area contributed by atoms with Crippen molar-refractivity contribution < 1.29 is 9.18 Å². The van der Waals surface area contributed by atoms with Crippen LogP contribution in [0.1, 0.15) is 28.3 Å². The minimum Gasteiger partial charge on any atom is -0.344 e. The van der Waals surface area contributed by atoms with E-state index in [9.17, 15) is 9.18 Å². The molecule has 2 nitrogen and oxygen atoms in total. The molecule has 1 unspecified atom stereocenters. The smallest absolute Gasteiger partial charge is 0.230 e. The summed E-state index contributed by atoms with van der Waals surface area (Å²) < 4.78 is 13.0. The van der Waals surface area contributed by atoms with Gasteiger partial charge in [-0.3, -0.25) is 4.79 Å². The van der Waals surface area contributed by atoms with Gasteiger partial charge in [-0.25, -0.2) is 4.39 Å². The number of hydrogen-bond donors (Lipinski definition) is 1. The van der Waals surface area contributed by atoms with Gasteiger partial charge in [0.05, 0.1) is 11.8 Å². The van der Waals surface area contributed by atoms with Crippen LogP contribution in [0, 0.1) is 12.7 Å². The van der Waals surface area contributed by atoms with E-state index in [1.54, 1.807) is 12.1 Å². The summed E-state index contributed by atoms with van der Waals surface area (Å²) in [5.74, 6) is 0.766. The summed E-state index contributed by atoms with van der Waals surface area (Å²) in [5, 5.41) is 3.14. The van der Waals surface area contributed by atoms with Crippen molar-refractivity contribution in [1.29, 1.82) is 0 Å². The topological polar surface area (TPSA) is 29.1 Å². The number of carbonyl (C=O) groups is 1. The Morgan fingerprint density at radius 2 is 1.56 bits per heavy atom. The van der Waals surface area contributed by atoms with Crippen LogP contribution in [0.3, 0.4) is 0 Å². The average molecular weight is 380 g/mol. The summed E-state index contributed by atoms with van der Waals surface area (Å²) >= 11 is 1.52. The summed E-state index contributed by atoms with van der Waals surface area (Å²) in [5.41, 5.74) is 4.31. The van der Waals surface area contributed by atoms with E-state index in [0.29, 0.717) is 11.5 Å². The van der Waals surface area contributed by atoms with E-state index in [4.69, 9.17) is 0 Å². The van der Waals surface area contributed by atoms with Crippen molar-refractivity contribution >= 4 is 17.7 Å². The van der Waals surface area contributed by atoms with E-state index >= 15 is 0 Å². The molecule has 3 aromatic rings. The quantitative estimate of drug-likeness (QED) is 0.606. The molecule has 0 fully saturated rings. The highest BCUT2D eigenvalue weighted by molar-refractivity contribution is 7.99. The monoisotopic (exact) mass is 379 g/mol. The minimum absolute atomic E-state index is 0.0171. The number of benzene rings is 3. The fourth-order valence-corrected chi connectivity index (χ4v) is 3.61. The lowest BCUT2D eigenvalue weighted by molar-refractivity contribution is -0.119. The molecule has 0 aliphatic rings. The van der Waals surface area contributed by atoms with Crippen molar-refractivity contribution in [2.24, 2.45) is 0 Å². The van der Waals surface area contributed by atoms with E-state index in [1.165, 1.54) is 29.5 Å². The number of rotatable bonds is 7. The Hall–Kier alpha value is -2.59. The second kappa shape index (κ2) is 9.38. The first kappa shape index (κ1) is 19.2. The van der Waals surface area contributed by atoms with Gasteiger partial charge in [0.25, 0.3) is 0 Å². The molecule has 138 valence electrons. The van der Waals surface area contributed by atoms with Gasteiger partial charge in [-0.15, -0.1) is 11.8 Å². The molecule has 0 bridgehead atoms. The maximum atomic E-state index is 13.0. The Bertz CT molecular complexity index is 863. The molecule has 0 saturated carbocycles. The predicted octanol–water partition coefficient (Wildman–Crippen LogP) is 5.27. The zero-order valence-electron chi connectivity index (χ0n) is 15.2. The Balaban J connectivity index is 1.63. The van der Waals surface area contributed by atoms with Crippen molar-refractivity contribution in [2.45, 2.75) is 18.7 Å². The predicted molar refractivity (Wildman–Crippen MR) is 110 cm³/mol. The van der Waals surface area contributed by atoms with Gasteiger partial charge in [-0.05, 0) is 35.7 Å². The van der Waals surface area contributed by atoms with Crippen LogP contribution in [0.5, 0.6) is 0 Å². The van der Waals surface area contributed by atoms with Gasteiger partial charge in [0.1, 0.15) is 5.82 Å². The van der Waals surface area contributed by atoms with E-state index in [1.807, 2.05) is 37.3 Å². The molecule has 3 aromatic carbocycles. The van der Waals surface area contributed by atoms with Crippen molar-refractivity contribution in [3.05, 3.63) is 107 Å². The summed E-state index contributed by atoms with van der Waals surface area (Å²) in [6.45, 7) is 2.05. The number of halogens is 1. The van der Waals surface area contributed by atoms with E-state index < -0.39 is 0 Å². The Kier molecular flexibility index (Phi) is 6.66. The molecular weight excluding hydrogens is 357 g/mol. The largest absolute Gasteiger partial charge is 0.344 e. The van der Waals surface area contributed by atoms with Crippen LogP contribution >= 0.6 is 11.8 Å². The molecule has 0 aliphatic heterocycles. The van der Waals surface area contributed by atoms with Crippen molar-refractivity contribution in [2.75, 3.05) is 5.75 Å². The maximum absolute atomic E-state index is 13.0. The molecule has 0 saturated heterocycles. The molecule has 0 radical (unpaired) electrons. The molecular formula is C23H22FNOS. The molecule has 1 amide bonds. The van der Waals surface area contributed by atoms with Gasteiger partial charge in [0.15, 0.2) is 0 Å². The van der Waals surface area contributed by atoms with Gasteiger partial charge >= 0.3 is 0 Å². The highest BCUT2D eigenvalue weighted by Gasteiger charge is 2.16. The Morgan fingerprint density at radius 1 is 0.926 bits per heavy atom. The molecule has 0 spiro atoms. The summed E-state index contributed by atoms with van der Waals surface area (Å²) in [6, 6.07) is 24.4. The Morgan fingerprint density at radius 3 is 2.22 bits per heavy atom. The molecule has 0 aliphatic carbocycles. The SMILES string of the molecule is Cc1ccc(C(NC(=O)CSCc2ccc(F)cc2)c2ccccc2)cc1. The van der Waals surface area contributed by atoms with Crippen LogP contribution in [-0.2, 0) is 10.5 Å². The van der Waals surface area contributed by atoms with E-state index in [0.717, 1.165) is 16.7 Å². The molecule has 27 heavy (non-hydrogen) atoms. The van der Waals surface area contributed by atoms with E-state index in [2.05, 4.69) is 29.6 Å². The zero-order chi connectivity index (χ0) is 19.1. The highest BCUT2D eigenvalue weighted by atomic mass is 32.2. The third-order valence-electron chi connectivity index (χ3n) is 4.26. The number of carbonyl (C=O) groups excluding carboxylic acids is 1. The molecule has 0 heterocycles. The van der Waals surface area contributed by atoms with Crippen molar-refractivity contribution in [3.63, 3.8) is 0 Å². The van der Waals surface area contributed by atoms with E-state index in [-0.39, 0.29) is 17.8 Å². The first-order chi connectivity index (χ1) is 13.1. The van der Waals surface area contributed by atoms with Gasteiger partial charge < -0.3 is 5.32 Å². The highest BCUT2D eigenvalue weighted by Crippen LogP contribution is 2.23. The lowest BCUT2D eigenvalue weighted by atomic mass is 9.98. The van der Waals surface area contributed by atoms with Crippen LogP contribution < -0.4 is 5.32 Å². The summed E-state index contributed by atoms with van der Waals surface area (Å²) in [6.07, 6.45) is 0. The lowest BCUT2D eigenvalue weighted by Gasteiger charge is -2.20. The summed E-state index contributed by atoms with van der Waals surface area (Å²) in [4.78, 5) is 12.5. The van der Waals surface area contributed by atoms with Crippen LogP contribution in [0.4, 0.5) is 4.39 Å². The number of nitrogens with one attached hydrogen (secondary N) is 1. The van der Waals surface area contributed by atoms with Gasteiger partial charge in [0, 0.05) is 5.75 Å². The van der Waals surface area contributed by atoms with Gasteiger partial charge in [0.2, 0.25) is 5.91 Å². The van der Waals surface area contributed by atoms with Crippen LogP contribution in [-0.4, -0.2) is 11.7 Å². The second-order valence-electron chi connectivity index (χ2n) is 6.44. The second-order valence-corrected chi connectivity index (χ2v) is 7.43. The van der Waals surface area contributed by atoms with Gasteiger partial charge in [-0.1, -0.05) is 72.3 Å². The average Bonchev–Trinajstić information content (AvgIpc) is 2.69. The van der Waals surface area contributed by atoms with Crippen molar-refractivity contribution in [1.82, 2.24) is 5.32 Å². The normalized spacial score (nSPS) is 11.8. The molecule has 3 rings (SSSR count). The van der Waals surface area contributed by atoms with Crippen LogP contribution in [0.2, 0.25) is 0 Å². The number of thioether (sulfide) groups is 1. The minimum atomic E-state index is -0.245.